The molecule has 29 heavy (non-hydrogen) atoms. The first kappa shape index (κ1) is 19.9. The number of imidazole rings is 1. The van der Waals surface area contributed by atoms with Gasteiger partial charge < -0.3 is 15.2 Å². The third kappa shape index (κ3) is 4.93. The zero-order valence-corrected chi connectivity index (χ0v) is 15.1. The summed E-state index contributed by atoms with van der Waals surface area (Å²) in [4.78, 5) is 15.8. The molecule has 3 rings (SSSR count). The zero-order chi connectivity index (χ0) is 20.9. The lowest BCUT2D eigenvalue weighted by Gasteiger charge is -2.14. The Kier molecular flexibility index (Phi) is 5.83. The molecule has 0 saturated carbocycles. The molecule has 0 radical (unpaired) electrons. The molecule has 0 saturated heterocycles. The number of halogens is 3. The summed E-state index contributed by atoms with van der Waals surface area (Å²) in [5, 5.41) is 13.7. The summed E-state index contributed by atoms with van der Waals surface area (Å²) in [5.41, 5.74) is 1.70. The first-order valence-electron chi connectivity index (χ1n) is 8.62. The molecule has 9 heteroatoms. The lowest BCUT2D eigenvalue weighted by Crippen LogP contribution is -2.30. The maximum atomic E-state index is 12.6. The van der Waals surface area contributed by atoms with Gasteiger partial charge in [0.2, 0.25) is 5.95 Å². The molecule has 1 amide bonds. The lowest BCUT2D eigenvalue weighted by atomic mass is 10.2. The number of nitriles is 1. The topological polar surface area (TPSA) is 82.7 Å². The summed E-state index contributed by atoms with van der Waals surface area (Å²) >= 11 is 0. The summed E-state index contributed by atoms with van der Waals surface area (Å²) in [7, 11) is 0. The summed E-state index contributed by atoms with van der Waals surface area (Å²) in [6.07, 6.45) is -3.02. The Balaban J connectivity index is 1.93. The van der Waals surface area contributed by atoms with E-state index in [1.165, 1.54) is 18.2 Å². The number of alkyl halides is 3. The summed E-state index contributed by atoms with van der Waals surface area (Å²) < 4.78 is 39.5. The van der Waals surface area contributed by atoms with E-state index in [-0.39, 0.29) is 17.8 Å². The van der Waals surface area contributed by atoms with Gasteiger partial charge in [-0.1, -0.05) is 42.5 Å². The third-order valence-corrected chi connectivity index (χ3v) is 3.99. The molecule has 0 atom stereocenters. The standard InChI is InChI=1S/C20H16F3N5O/c21-20(22,23)18(29)25-15-9-4-5-10-16(15)26-19-27-17(13-28(19)12-6-11-24)14-7-2-1-3-8-14/h1-5,7-10,13H,6,12H2,(H,25,29)(H,26,27). The minimum atomic E-state index is -5.00. The molecule has 0 aliphatic heterocycles. The van der Waals surface area contributed by atoms with Gasteiger partial charge in [0.05, 0.1) is 29.6 Å². The number of nitrogens with one attached hydrogen (secondary N) is 2. The van der Waals surface area contributed by atoms with Crippen LogP contribution in [-0.4, -0.2) is 21.6 Å². The summed E-state index contributed by atoms with van der Waals surface area (Å²) in [6, 6.07) is 17.4. The van der Waals surface area contributed by atoms with Gasteiger partial charge in [-0.15, -0.1) is 0 Å². The van der Waals surface area contributed by atoms with Crippen molar-refractivity contribution in [2.45, 2.75) is 19.1 Å². The smallest absolute Gasteiger partial charge is 0.324 e. The number of para-hydroxylation sites is 2. The molecule has 0 aliphatic carbocycles. The van der Waals surface area contributed by atoms with Crippen LogP contribution in [0.3, 0.4) is 0 Å². The van der Waals surface area contributed by atoms with Crippen LogP contribution < -0.4 is 10.6 Å². The van der Waals surface area contributed by atoms with Gasteiger partial charge in [0.25, 0.3) is 0 Å². The number of aryl methyl sites for hydroxylation is 1. The maximum absolute atomic E-state index is 12.6. The molecule has 2 aromatic carbocycles. The van der Waals surface area contributed by atoms with Gasteiger partial charge >= 0.3 is 12.1 Å². The van der Waals surface area contributed by atoms with E-state index >= 15 is 0 Å². The SMILES string of the molecule is N#CCCn1cc(-c2ccccc2)nc1Nc1ccccc1NC(=O)C(F)(F)F. The number of rotatable bonds is 6. The minimum Gasteiger partial charge on any atom is -0.324 e. The van der Waals surface area contributed by atoms with Crippen LogP contribution in [0.2, 0.25) is 0 Å². The Morgan fingerprint density at radius 2 is 1.72 bits per heavy atom. The van der Waals surface area contributed by atoms with Crippen LogP contribution in [-0.2, 0) is 11.3 Å². The number of amides is 1. The fourth-order valence-corrected chi connectivity index (χ4v) is 2.62. The minimum absolute atomic E-state index is 0.0362. The van der Waals surface area contributed by atoms with E-state index < -0.39 is 12.1 Å². The van der Waals surface area contributed by atoms with E-state index in [2.05, 4.69) is 16.4 Å². The van der Waals surface area contributed by atoms with Crippen molar-refractivity contribution in [2.24, 2.45) is 0 Å². The van der Waals surface area contributed by atoms with Crippen LogP contribution in [0, 0.1) is 11.3 Å². The Morgan fingerprint density at radius 3 is 2.38 bits per heavy atom. The monoisotopic (exact) mass is 399 g/mol. The van der Waals surface area contributed by atoms with Gasteiger partial charge in [0, 0.05) is 18.3 Å². The Bertz CT molecular complexity index is 1040. The van der Waals surface area contributed by atoms with Crippen molar-refractivity contribution in [3.05, 3.63) is 60.8 Å². The van der Waals surface area contributed by atoms with Gasteiger partial charge in [-0.05, 0) is 12.1 Å². The molecule has 1 heterocycles. The third-order valence-electron chi connectivity index (χ3n) is 3.99. The van der Waals surface area contributed by atoms with Crippen molar-refractivity contribution in [2.75, 3.05) is 10.6 Å². The van der Waals surface area contributed by atoms with Crippen molar-refractivity contribution in [3.8, 4) is 17.3 Å². The van der Waals surface area contributed by atoms with Gasteiger partial charge in [0.1, 0.15) is 0 Å². The number of aromatic nitrogens is 2. The number of nitrogens with zero attached hydrogens (tertiary/aromatic N) is 3. The molecular weight excluding hydrogens is 383 g/mol. The first-order valence-corrected chi connectivity index (χ1v) is 8.62. The van der Waals surface area contributed by atoms with Crippen LogP contribution in [0.1, 0.15) is 6.42 Å². The summed E-state index contributed by atoms with van der Waals surface area (Å²) in [6.45, 7) is 0.343. The van der Waals surface area contributed by atoms with E-state index in [1.54, 1.807) is 16.8 Å². The van der Waals surface area contributed by atoms with E-state index in [0.717, 1.165) is 5.56 Å². The maximum Gasteiger partial charge on any atom is 0.471 e. The molecule has 6 nitrogen and oxygen atoms in total. The number of benzene rings is 2. The van der Waals surface area contributed by atoms with Crippen molar-refractivity contribution in [1.82, 2.24) is 9.55 Å². The van der Waals surface area contributed by atoms with Crippen molar-refractivity contribution in [3.63, 3.8) is 0 Å². The molecule has 0 bridgehead atoms. The van der Waals surface area contributed by atoms with Crippen LogP contribution in [0.25, 0.3) is 11.3 Å². The predicted molar refractivity (Wildman–Crippen MR) is 102 cm³/mol. The molecule has 0 fully saturated rings. The highest BCUT2D eigenvalue weighted by Crippen LogP contribution is 2.29. The fourth-order valence-electron chi connectivity index (χ4n) is 2.62. The second kappa shape index (κ2) is 8.48. The van der Waals surface area contributed by atoms with Crippen molar-refractivity contribution >= 4 is 23.2 Å². The van der Waals surface area contributed by atoms with Crippen LogP contribution in [0.5, 0.6) is 0 Å². The Labute approximate surface area is 164 Å². The highest BCUT2D eigenvalue weighted by atomic mass is 19.4. The van der Waals surface area contributed by atoms with E-state index in [1.807, 2.05) is 35.6 Å². The lowest BCUT2D eigenvalue weighted by molar-refractivity contribution is -0.167. The molecule has 0 spiro atoms. The molecule has 0 unspecified atom stereocenters. The number of hydrogen-bond donors (Lipinski definition) is 2. The number of carbonyl (C=O) groups is 1. The highest BCUT2D eigenvalue weighted by Gasteiger charge is 2.39. The highest BCUT2D eigenvalue weighted by molar-refractivity contribution is 5.98. The number of anilines is 3. The average molecular weight is 399 g/mol. The fraction of sp³-hybridized carbons (Fsp3) is 0.150. The average Bonchev–Trinajstić information content (AvgIpc) is 3.10. The Morgan fingerprint density at radius 1 is 1.07 bits per heavy atom. The first-order chi connectivity index (χ1) is 13.9. The van der Waals surface area contributed by atoms with Gasteiger partial charge in [0.15, 0.2) is 0 Å². The second-order valence-corrected chi connectivity index (χ2v) is 6.04. The van der Waals surface area contributed by atoms with Gasteiger partial charge in [-0.25, -0.2) is 4.98 Å². The van der Waals surface area contributed by atoms with Crippen LogP contribution >= 0.6 is 0 Å². The Hall–Kier alpha value is -3.80. The molecule has 2 N–H and O–H groups in total. The van der Waals surface area contributed by atoms with Crippen LogP contribution in [0.4, 0.5) is 30.5 Å². The summed E-state index contributed by atoms with van der Waals surface area (Å²) in [5.74, 6) is -1.72. The number of carbonyl (C=O) groups excluding carboxylic acids is 1. The van der Waals surface area contributed by atoms with Gasteiger partial charge in [-0.2, -0.15) is 18.4 Å². The van der Waals surface area contributed by atoms with Gasteiger partial charge in [-0.3, -0.25) is 4.79 Å². The zero-order valence-electron chi connectivity index (χ0n) is 15.1. The second-order valence-electron chi connectivity index (χ2n) is 6.04. The van der Waals surface area contributed by atoms with Crippen LogP contribution in [0.15, 0.2) is 60.8 Å². The van der Waals surface area contributed by atoms with E-state index in [4.69, 9.17) is 5.26 Å². The molecular formula is C20H16F3N5O. The largest absolute Gasteiger partial charge is 0.471 e. The molecule has 148 valence electrons. The molecule has 0 aliphatic rings. The number of hydrogen-bond acceptors (Lipinski definition) is 4. The molecule has 3 aromatic rings. The quantitative estimate of drug-likeness (QED) is 0.629. The van der Waals surface area contributed by atoms with E-state index in [9.17, 15) is 18.0 Å². The normalized spacial score (nSPS) is 11.0. The van der Waals surface area contributed by atoms with Crippen molar-refractivity contribution < 1.29 is 18.0 Å². The van der Waals surface area contributed by atoms with Crippen molar-refractivity contribution in [1.29, 1.82) is 5.26 Å². The predicted octanol–water partition coefficient (Wildman–Crippen LogP) is 4.71. The molecule has 1 aromatic heterocycles. The van der Waals surface area contributed by atoms with E-state index in [0.29, 0.717) is 18.2 Å².